The molecular weight excluding hydrogens is 272 g/mol. The van der Waals surface area contributed by atoms with Gasteiger partial charge in [-0.15, -0.1) is 0 Å². The van der Waals surface area contributed by atoms with Gasteiger partial charge in [-0.3, -0.25) is 9.25 Å². The lowest BCUT2D eigenvalue weighted by molar-refractivity contribution is 0.175. The molecule has 20 heavy (non-hydrogen) atoms. The zero-order valence-corrected chi connectivity index (χ0v) is 13.2. The molecule has 1 aliphatic rings. The van der Waals surface area contributed by atoms with Gasteiger partial charge in [0.2, 0.25) is 0 Å². The zero-order valence-electron chi connectivity index (χ0n) is 12.3. The molecule has 3 rings (SSSR count). The first kappa shape index (κ1) is 13.8. The maximum absolute atomic E-state index is 5.55. The molecule has 1 aliphatic heterocycles. The number of rotatable bonds is 4. The molecule has 0 radical (unpaired) electrons. The van der Waals surface area contributed by atoms with E-state index in [0.29, 0.717) is 12.0 Å². The Morgan fingerprint density at radius 3 is 3.00 bits per heavy atom. The Bertz CT molecular complexity index is 663. The number of hydrogen-bond donors (Lipinski definition) is 1. The van der Waals surface area contributed by atoms with Crippen molar-refractivity contribution in [3.8, 4) is 0 Å². The molecule has 0 aliphatic carbocycles. The average Bonchev–Trinajstić information content (AvgIpc) is 3.09. The molecule has 0 bridgehead atoms. The number of aromatic nitrogens is 4. The van der Waals surface area contributed by atoms with Crippen LogP contribution in [0.3, 0.4) is 0 Å². The predicted molar refractivity (Wildman–Crippen MR) is 81.5 cm³/mol. The van der Waals surface area contributed by atoms with E-state index in [0.717, 1.165) is 54.1 Å². The fraction of sp³-hybridized carbons (Fsp3) is 0.714. The van der Waals surface area contributed by atoms with Gasteiger partial charge in [0.1, 0.15) is 5.52 Å². The average molecular weight is 294 g/mol. The third-order valence-corrected chi connectivity index (χ3v) is 4.61. The quantitative estimate of drug-likeness (QED) is 0.882. The van der Waals surface area contributed by atoms with Crippen LogP contribution in [0, 0.1) is 10.7 Å². The van der Waals surface area contributed by atoms with Gasteiger partial charge < -0.3 is 9.72 Å². The highest BCUT2D eigenvalue weighted by Crippen LogP contribution is 2.30. The largest absolute Gasteiger partial charge is 0.381 e. The van der Waals surface area contributed by atoms with Crippen molar-refractivity contribution < 1.29 is 4.74 Å². The molecule has 0 amide bonds. The van der Waals surface area contributed by atoms with E-state index in [1.165, 1.54) is 0 Å². The van der Waals surface area contributed by atoms with Crippen LogP contribution in [-0.4, -0.2) is 32.5 Å². The van der Waals surface area contributed by atoms with E-state index < -0.39 is 0 Å². The van der Waals surface area contributed by atoms with Crippen molar-refractivity contribution in [1.82, 2.24) is 19.3 Å². The molecule has 1 N–H and O–H groups in total. The first-order valence-electron chi connectivity index (χ1n) is 7.37. The molecular formula is C14H22N4OS. The minimum absolute atomic E-state index is 0.337. The van der Waals surface area contributed by atoms with Crippen molar-refractivity contribution in [2.24, 2.45) is 13.0 Å². The summed E-state index contributed by atoms with van der Waals surface area (Å²) in [5, 5.41) is 4.64. The van der Waals surface area contributed by atoms with E-state index in [-0.39, 0.29) is 0 Å². The van der Waals surface area contributed by atoms with E-state index in [1.54, 1.807) is 0 Å². The van der Waals surface area contributed by atoms with Crippen LogP contribution in [0.1, 0.15) is 38.4 Å². The minimum Gasteiger partial charge on any atom is -0.381 e. The summed E-state index contributed by atoms with van der Waals surface area (Å²) in [6, 6.07) is 0.337. The van der Waals surface area contributed by atoms with Crippen molar-refractivity contribution in [1.29, 1.82) is 0 Å². The maximum atomic E-state index is 5.55. The van der Waals surface area contributed by atoms with E-state index in [2.05, 4.69) is 28.5 Å². The molecule has 0 saturated carbocycles. The molecule has 0 aromatic carbocycles. The summed E-state index contributed by atoms with van der Waals surface area (Å²) in [6.45, 7) is 6.09. The standard InChI is InChI=1S/C14H22N4OS/c1-4-5-11-12-13(17(3)16-11)18(14(20)15-12)9(2)10-6-7-19-8-10/h9-10H,4-8H2,1-3H3,(H,15,20). The second-order valence-corrected chi connectivity index (χ2v) is 6.07. The van der Waals surface area contributed by atoms with Crippen molar-refractivity contribution in [2.75, 3.05) is 13.2 Å². The lowest BCUT2D eigenvalue weighted by Gasteiger charge is -2.20. The molecule has 1 saturated heterocycles. The number of imidazole rings is 1. The van der Waals surface area contributed by atoms with Crippen molar-refractivity contribution >= 4 is 23.4 Å². The molecule has 0 spiro atoms. The second-order valence-electron chi connectivity index (χ2n) is 5.68. The highest BCUT2D eigenvalue weighted by molar-refractivity contribution is 7.71. The van der Waals surface area contributed by atoms with Gasteiger partial charge in [0.25, 0.3) is 0 Å². The number of nitrogens with zero attached hydrogens (tertiary/aromatic N) is 3. The van der Waals surface area contributed by atoms with Gasteiger partial charge in [-0.1, -0.05) is 13.3 Å². The van der Waals surface area contributed by atoms with Gasteiger partial charge in [-0.25, -0.2) is 0 Å². The monoisotopic (exact) mass is 294 g/mol. The first-order chi connectivity index (χ1) is 9.63. The van der Waals surface area contributed by atoms with Crippen LogP contribution in [0.2, 0.25) is 0 Å². The number of aryl methyl sites for hydroxylation is 2. The molecule has 2 unspecified atom stereocenters. The highest BCUT2D eigenvalue weighted by Gasteiger charge is 2.27. The zero-order chi connectivity index (χ0) is 14.3. The van der Waals surface area contributed by atoms with Crippen LogP contribution >= 0.6 is 12.2 Å². The van der Waals surface area contributed by atoms with Gasteiger partial charge in [0.05, 0.1) is 12.3 Å². The Morgan fingerprint density at radius 2 is 2.35 bits per heavy atom. The highest BCUT2D eigenvalue weighted by atomic mass is 32.1. The van der Waals surface area contributed by atoms with E-state index >= 15 is 0 Å². The Labute approximate surface area is 123 Å². The summed E-state index contributed by atoms with van der Waals surface area (Å²) >= 11 is 5.55. The van der Waals surface area contributed by atoms with Crippen LogP contribution in [0.4, 0.5) is 0 Å². The van der Waals surface area contributed by atoms with Crippen LogP contribution < -0.4 is 0 Å². The normalized spacial score (nSPS) is 20.9. The summed E-state index contributed by atoms with van der Waals surface area (Å²) in [7, 11) is 2.00. The van der Waals surface area contributed by atoms with Crippen LogP contribution in [-0.2, 0) is 18.2 Å². The molecule has 6 heteroatoms. The number of nitrogens with one attached hydrogen (secondary N) is 1. The number of H-pyrrole nitrogens is 1. The molecule has 1 fully saturated rings. The van der Waals surface area contributed by atoms with Crippen molar-refractivity contribution in [3.63, 3.8) is 0 Å². The second kappa shape index (κ2) is 5.33. The van der Waals surface area contributed by atoms with Gasteiger partial charge in [-0.05, 0) is 32.0 Å². The number of fused-ring (bicyclic) bond motifs is 1. The summed E-state index contributed by atoms with van der Waals surface area (Å²) in [5.41, 5.74) is 3.33. The molecule has 2 aromatic rings. The molecule has 2 aromatic heterocycles. The number of ether oxygens (including phenoxy) is 1. The fourth-order valence-corrected chi connectivity index (χ4v) is 3.53. The Morgan fingerprint density at radius 1 is 1.55 bits per heavy atom. The van der Waals surface area contributed by atoms with Crippen LogP contribution in [0.5, 0.6) is 0 Å². The van der Waals surface area contributed by atoms with Crippen LogP contribution in [0.15, 0.2) is 0 Å². The van der Waals surface area contributed by atoms with E-state index in [9.17, 15) is 0 Å². The Kier molecular flexibility index (Phi) is 3.69. The fourth-order valence-electron chi connectivity index (χ4n) is 3.17. The van der Waals surface area contributed by atoms with Crippen molar-refractivity contribution in [3.05, 3.63) is 10.5 Å². The number of hydrogen-bond acceptors (Lipinski definition) is 3. The van der Waals surface area contributed by atoms with E-state index in [4.69, 9.17) is 17.0 Å². The van der Waals surface area contributed by atoms with Gasteiger partial charge in [-0.2, -0.15) is 5.10 Å². The number of aromatic amines is 1. The smallest absolute Gasteiger partial charge is 0.179 e. The Balaban J connectivity index is 2.10. The summed E-state index contributed by atoms with van der Waals surface area (Å²) in [5.74, 6) is 0.533. The predicted octanol–water partition coefficient (Wildman–Crippen LogP) is 2.98. The first-order valence-corrected chi connectivity index (χ1v) is 7.78. The van der Waals surface area contributed by atoms with E-state index in [1.807, 2.05) is 11.7 Å². The lowest BCUT2D eigenvalue weighted by atomic mass is 10.0. The van der Waals surface area contributed by atoms with Crippen molar-refractivity contribution in [2.45, 2.75) is 39.2 Å². The van der Waals surface area contributed by atoms with Crippen LogP contribution in [0.25, 0.3) is 11.2 Å². The molecule has 5 nitrogen and oxygen atoms in total. The molecule has 110 valence electrons. The SMILES string of the molecule is CCCc1nn(C)c2c1[nH]c(=S)n2C(C)C1CCOC1. The minimum atomic E-state index is 0.337. The summed E-state index contributed by atoms with van der Waals surface area (Å²) in [6.07, 6.45) is 3.17. The molecule has 3 heterocycles. The maximum Gasteiger partial charge on any atom is 0.179 e. The lowest BCUT2D eigenvalue weighted by Crippen LogP contribution is -2.18. The summed E-state index contributed by atoms with van der Waals surface area (Å²) < 4.78 is 10.5. The van der Waals surface area contributed by atoms with Gasteiger partial charge in [0.15, 0.2) is 10.4 Å². The van der Waals surface area contributed by atoms with Gasteiger partial charge in [0, 0.05) is 25.6 Å². The third kappa shape index (κ3) is 2.11. The Hall–Kier alpha value is -1.14. The third-order valence-electron chi connectivity index (χ3n) is 4.31. The van der Waals surface area contributed by atoms with Gasteiger partial charge >= 0.3 is 0 Å². The summed E-state index contributed by atoms with van der Waals surface area (Å²) in [4.78, 5) is 3.36. The topological polar surface area (TPSA) is 47.8 Å². The molecule has 2 atom stereocenters.